The molecule has 0 aliphatic carbocycles. The number of hydrogen-bond donors (Lipinski definition) is 0. The van der Waals surface area contributed by atoms with Crippen LogP contribution in [0.5, 0.6) is 0 Å². The number of hydrogen-bond acceptors (Lipinski definition) is 1. The van der Waals surface area contributed by atoms with Crippen LogP contribution < -0.4 is 0 Å². The molecule has 1 heterocycles. The highest BCUT2D eigenvalue weighted by molar-refractivity contribution is 6.21. The first-order valence-electron chi connectivity index (χ1n) is 5.03. The van der Waals surface area contributed by atoms with E-state index in [0.29, 0.717) is 0 Å². The van der Waals surface area contributed by atoms with E-state index in [1.807, 2.05) is 0 Å². The highest BCUT2D eigenvalue weighted by Crippen LogP contribution is 2.30. The Balaban J connectivity index is 2.01. The molecule has 0 saturated carbocycles. The van der Waals surface area contributed by atoms with E-state index in [1.165, 1.54) is 16.7 Å². The lowest BCUT2D eigenvalue weighted by molar-refractivity contribution is 0.388. The van der Waals surface area contributed by atoms with Gasteiger partial charge in [0.15, 0.2) is 5.56 Å². The minimum Gasteiger partial charge on any atom is -0.352 e. The molecule has 1 aliphatic rings. The van der Waals surface area contributed by atoms with Crippen LogP contribution >= 0.6 is 11.6 Å². The van der Waals surface area contributed by atoms with Crippen molar-refractivity contribution in [2.45, 2.75) is 38.4 Å². The van der Waals surface area contributed by atoms with Crippen LogP contribution in [-0.4, -0.2) is 11.7 Å². The standard InChI is InChI=1S/C12H15ClO/c1-8-4-3-5-9(2)10(8)6-7-11-12(13)14-11/h3-5,11-12H,6-7H2,1-2H3. The van der Waals surface area contributed by atoms with Crippen LogP contribution in [-0.2, 0) is 11.2 Å². The van der Waals surface area contributed by atoms with Gasteiger partial charge in [-0.1, -0.05) is 29.8 Å². The lowest BCUT2D eigenvalue weighted by Crippen LogP contribution is -1.97. The fourth-order valence-corrected chi connectivity index (χ4v) is 2.11. The molecule has 1 fully saturated rings. The van der Waals surface area contributed by atoms with Gasteiger partial charge in [0.05, 0.1) is 0 Å². The van der Waals surface area contributed by atoms with Gasteiger partial charge in [0.1, 0.15) is 6.10 Å². The van der Waals surface area contributed by atoms with Gasteiger partial charge in [0, 0.05) is 0 Å². The molecular weight excluding hydrogens is 196 g/mol. The largest absolute Gasteiger partial charge is 0.352 e. The molecule has 0 bridgehead atoms. The van der Waals surface area contributed by atoms with Crippen molar-refractivity contribution in [3.8, 4) is 0 Å². The van der Waals surface area contributed by atoms with Gasteiger partial charge in [-0.2, -0.15) is 0 Å². The molecule has 0 radical (unpaired) electrons. The second kappa shape index (κ2) is 3.92. The maximum absolute atomic E-state index is 5.78. The van der Waals surface area contributed by atoms with Crippen LogP contribution in [0, 0.1) is 13.8 Å². The summed E-state index contributed by atoms with van der Waals surface area (Å²) in [5.74, 6) is 0. The molecule has 14 heavy (non-hydrogen) atoms. The van der Waals surface area contributed by atoms with Gasteiger partial charge in [-0.3, -0.25) is 0 Å². The average Bonchev–Trinajstić information content (AvgIpc) is 2.81. The molecule has 0 N–H and O–H groups in total. The van der Waals surface area contributed by atoms with E-state index in [4.69, 9.17) is 16.3 Å². The van der Waals surface area contributed by atoms with E-state index >= 15 is 0 Å². The van der Waals surface area contributed by atoms with Gasteiger partial charge in [0.2, 0.25) is 0 Å². The number of aryl methyl sites for hydroxylation is 2. The lowest BCUT2D eigenvalue weighted by Gasteiger charge is -2.07. The van der Waals surface area contributed by atoms with Gasteiger partial charge < -0.3 is 4.74 Å². The smallest absolute Gasteiger partial charge is 0.157 e. The van der Waals surface area contributed by atoms with Crippen LogP contribution in [0.15, 0.2) is 18.2 Å². The molecule has 2 heteroatoms. The van der Waals surface area contributed by atoms with E-state index in [0.717, 1.165) is 12.8 Å². The molecule has 0 amide bonds. The Labute approximate surface area is 90.0 Å². The number of halogens is 1. The van der Waals surface area contributed by atoms with Gasteiger partial charge in [0.25, 0.3) is 0 Å². The summed E-state index contributed by atoms with van der Waals surface area (Å²) in [6, 6.07) is 6.43. The van der Waals surface area contributed by atoms with Crippen molar-refractivity contribution in [2.75, 3.05) is 0 Å². The Hall–Kier alpha value is -0.530. The summed E-state index contributed by atoms with van der Waals surface area (Å²) in [4.78, 5) is 0. The van der Waals surface area contributed by atoms with Crippen LogP contribution in [0.3, 0.4) is 0 Å². The van der Waals surface area contributed by atoms with Crippen molar-refractivity contribution in [3.63, 3.8) is 0 Å². The van der Waals surface area contributed by atoms with Gasteiger partial charge in [-0.25, -0.2) is 0 Å². The van der Waals surface area contributed by atoms with E-state index in [2.05, 4.69) is 32.0 Å². The quantitative estimate of drug-likeness (QED) is 0.552. The van der Waals surface area contributed by atoms with Crippen LogP contribution in [0.25, 0.3) is 0 Å². The predicted molar refractivity (Wildman–Crippen MR) is 58.8 cm³/mol. The summed E-state index contributed by atoms with van der Waals surface area (Å²) in [5, 5.41) is 0. The Morgan fingerprint density at radius 1 is 1.29 bits per heavy atom. The number of ether oxygens (including phenoxy) is 1. The number of rotatable bonds is 3. The third-order valence-electron chi connectivity index (χ3n) is 2.84. The highest BCUT2D eigenvalue weighted by atomic mass is 35.5. The summed E-state index contributed by atoms with van der Waals surface area (Å²) in [6.45, 7) is 4.32. The molecule has 1 aliphatic heterocycles. The van der Waals surface area contributed by atoms with Crippen molar-refractivity contribution in [3.05, 3.63) is 34.9 Å². The highest BCUT2D eigenvalue weighted by Gasteiger charge is 2.36. The van der Waals surface area contributed by atoms with Gasteiger partial charge >= 0.3 is 0 Å². The van der Waals surface area contributed by atoms with Crippen LogP contribution in [0.2, 0.25) is 0 Å². The maximum atomic E-state index is 5.78. The number of alkyl halides is 1. The first-order valence-corrected chi connectivity index (χ1v) is 5.47. The zero-order chi connectivity index (χ0) is 10.1. The predicted octanol–water partition coefficient (Wildman–Crippen LogP) is 3.20. The second-order valence-electron chi connectivity index (χ2n) is 3.93. The summed E-state index contributed by atoms with van der Waals surface area (Å²) in [6.07, 6.45) is 2.40. The molecule has 0 aromatic heterocycles. The zero-order valence-electron chi connectivity index (χ0n) is 8.59. The third kappa shape index (κ3) is 2.10. The Morgan fingerprint density at radius 2 is 1.86 bits per heavy atom. The molecular formula is C12H15ClO. The average molecular weight is 211 g/mol. The fourth-order valence-electron chi connectivity index (χ4n) is 1.85. The summed E-state index contributed by atoms with van der Waals surface area (Å²) < 4.78 is 5.18. The molecule has 76 valence electrons. The first-order chi connectivity index (χ1) is 6.68. The molecule has 1 aromatic rings. The number of epoxide rings is 1. The lowest BCUT2D eigenvalue weighted by atomic mass is 9.98. The third-order valence-corrected chi connectivity index (χ3v) is 3.23. The molecule has 0 spiro atoms. The van der Waals surface area contributed by atoms with Gasteiger partial charge in [-0.05, 0) is 43.4 Å². The Morgan fingerprint density at radius 3 is 2.36 bits per heavy atom. The normalized spacial score (nSPS) is 25.1. The van der Waals surface area contributed by atoms with E-state index in [9.17, 15) is 0 Å². The topological polar surface area (TPSA) is 12.5 Å². The molecule has 1 aromatic carbocycles. The fraction of sp³-hybridized carbons (Fsp3) is 0.500. The zero-order valence-corrected chi connectivity index (χ0v) is 9.34. The van der Waals surface area contributed by atoms with E-state index in [1.54, 1.807) is 0 Å². The molecule has 1 saturated heterocycles. The molecule has 2 unspecified atom stereocenters. The maximum Gasteiger partial charge on any atom is 0.157 e. The first kappa shape index (κ1) is 10.0. The summed E-state index contributed by atoms with van der Waals surface area (Å²) >= 11 is 5.78. The van der Waals surface area contributed by atoms with Crippen molar-refractivity contribution in [1.29, 1.82) is 0 Å². The minimum absolute atomic E-state index is 0.0284. The Bertz CT molecular complexity index is 315. The molecule has 2 rings (SSSR count). The van der Waals surface area contributed by atoms with Crippen LogP contribution in [0.4, 0.5) is 0 Å². The molecule has 1 nitrogen and oxygen atoms in total. The van der Waals surface area contributed by atoms with Gasteiger partial charge in [-0.15, -0.1) is 0 Å². The van der Waals surface area contributed by atoms with Crippen molar-refractivity contribution in [1.82, 2.24) is 0 Å². The molecule has 2 atom stereocenters. The number of benzene rings is 1. The van der Waals surface area contributed by atoms with Crippen molar-refractivity contribution >= 4 is 11.6 Å². The van der Waals surface area contributed by atoms with Crippen LogP contribution in [0.1, 0.15) is 23.1 Å². The monoisotopic (exact) mass is 210 g/mol. The second-order valence-corrected chi connectivity index (χ2v) is 4.36. The Kier molecular flexibility index (Phi) is 2.80. The van der Waals surface area contributed by atoms with E-state index < -0.39 is 0 Å². The summed E-state index contributed by atoms with van der Waals surface area (Å²) in [7, 11) is 0. The SMILES string of the molecule is Cc1cccc(C)c1CCC1OC1Cl. The van der Waals surface area contributed by atoms with Crippen molar-refractivity contribution in [2.24, 2.45) is 0 Å². The minimum atomic E-state index is -0.0284. The van der Waals surface area contributed by atoms with E-state index in [-0.39, 0.29) is 11.7 Å². The van der Waals surface area contributed by atoms with Crippen molar-refractivity contribution < 1.29 is 4.74 Å². The summed E-state index contributed by atoms with van der Waals surface area (Å²) in [5.41, 5.74) is 4.17.